The zero-order chi connectivity index (χ0) is 14.1. The predicted molar refractivity (Wildman–Crippen MR) is 76.0 cm³/mol. The molecule has 2 N–H and O–H groups in total. The number of hydrogen-bond acceptors (Lipinski definition) is 5. The first kappa shape index (κ1) is 12.7. The van der Waals surface area contributed by atoms with Gasteiger partial charge in [0.05, 0.1) is 12.7 Å². The maximum Gasteiger partial charge on any atom is 0.164 e. The van der Waals surface area contributed by atoms with E-state index in [1.54, 1.807) is 10.9 Å². The quantitative estimate of drug-likeness (QED) is 0.771. The number of nitrogens with two attached hydrogens (primary N) is 1. The third-order valence-corrected chi connectivity index (χ3v) is 3.09. The van der Waals surface area contributed by atoms with Gasteiger partial charge >= 0.3 is 0 Å². The van der Waals surface area contributed by atoms with Gasteiger partial charge in [-0.2, -0.15) is 0 Å². The fourth-order valence-corrected chi connectivity index (χ4v) is 2.24. The molecule has 0 amide bonds. The molecule has 0 saturated heterocycles. The van der Waals surface area contributed by atoms with E-state index in [0.29, 0.717) is 13.1 Å². The van der Waals surface area contributed by atoms with E-state index in [-0.39, 0.29) is 6.04 Å². The molecule has 20 heavy (non-hydrogen) atoms. The first-order valence-corrected chi connectivity index (χ1v) is 6.64. The van der Waals surface area contributed by atoms with Gasteiger partial charge in [-0.3, -0.25) is 4.68 Å². The Hall–Kier alpha value is -2.28. The minimum absolute atomic E-state index is 0.240. The molecule has 0 spiro atoms. The number of imidazole rings is 1. The van der Waals surface area contributed by atoms with E-state index >= 15 is 0 Å². The third kappa shape index (κ3) is 2.05. The van der Waals surface area contributed by atoms with Crippen molar-refractivity contribution >= 4 is 11.2 Å². The molecule has 3 aromatic rings. The number of pyridine rings is 1. The van der Waals surface area contributed by atoms with Crippen LogP contribution in [0.3, 0.4) is 0 Å². The fraction of sp³-hybridized carbons (Fsp3) is 0.385. The van der Waals surface area contributed by atoms with Crippen LogP contribution >= 0.6 is 0 Å². The standard InChI is InChI=1S/C13H17N7/c1-9(2)20-12-10(4-3-6-15-12)16-13(20)11-8-19(7-5-14)18-17-11/h3-4,6,8-9H,5,7,14H2,1-2H3. The Morgan fingerprint density at radius 1 is 1.35 bits per heavy atom. The van der Waals surface area contributed by atoms with Crippen LogP contribution in [0.15, 0.2) is 24.5 Å². The van der Waals surface area contributed by atoms with Crippen LogP contribution in [-0.4, -0.2) is 36.1 Å². The maximum absolute atomic E-state index is 5.53. The van der Waals surface area contributed by atoms with E-state index in [0.717, 1.165) is 22.7 Å². The molecule has 0 bridgehead atoms. The third-order valence-electron chi connectivity index (χ3n) is 3.09. The molecule has 0 aliphatic rings. The van der Waals surface area contributed by atoms with Gasteiger partial charge < -0.3 is 10.3 Å². The monoisotopic (exact) mass is 271 g/mol. The normalized spacial score (nSPS) is 11.6. The molecule has 0 atom stereocenters. The highest BCUT2D eigenvalue weighted by Gasteiger charge is 2.17. The van der Waals surface area contributed by atoms with Crippen molar-refractivity contribution in [3.05, 3.63) is 24.5 Å². The molecule has 3 rings (SSSR count). The van der Waals surface area contributed by atoms with Crippen LogP contribution in [0.25, 0.3) is 22.7 Å². The topological polar surface area (TPSA) is 87.4 Å². The van der Waals surface area contributed by atoms with Crippen LogP contribution in [-0.2, 0) is 6.54 Å². The highest BCUT2D eigenvalue weighted by Crippen LogP contribution is 2.25. The molecule has 0 radical (unpaired) electrons. The molecule has 7 heteroatoms. The summed E-state index contributed by atoms with van der Waals surface area (Å²) in [7, 11) is 0. The SMILES string of the molecule is CC(C)n1c(-c2cn(CCN)nn2)nc2cccnc21. The summed E-state index contributed by atoms with van der Waals surface area (Å²) in [5.74, 6) is 0.789. The van der Waals surface area contributed by atoms with Crippen LogP contribution in [0.5, 0.6) is 0 Å². The lowest BCUT2D eigenvalue weighted by Gasteiger charge is -2.10. The minimum atomic E-state index is 0.240. The van der Waals surface area contributed by atoms with E-state index in [9.17, 15) is 0 Å². The van der Waals surface area contributed by atoms with E-state index in [2.05, 4.69) is 38.7 Å². The van der Waals surface area contributed by atoms with Crippen molar-refractivity contribution in [2.45, 2.75) is 26.4 Å². The summed E-state index contributed by atoms with van der Waals surface area (Å²) < 4.78 is 3.80. The number of fused-ring (bicyclic) bond motifs is 1. The van der Waals surface area contributed by atoms with Gasteiger partial charge in [0.2, 0.25) is 0 Å². The number of aromatic nitrogens is 6. The highest BCUT2D eigenvalue weighted by atomic mass is 15.4. The molecule has 0 unspecified atom stereocenters. The summed E-state index contributed by atoms with van der Waals surface area (Å²) in [4.78, 5) is 9.05. The summed E-state index contributed by atoms with van der Waals surface area (Å²) in [6.07, 6.45) is 3.64. The van der Waals surface area contributed by atoms with Crippen molar-refractivity contribution in [1.29, 1.82) is 0 Å². The number of rotatable bonds is 4. The Morgan fingerprint density at radius 2 is 2.20 bits per heavy atom. The molecule has 3 heterocycles. The molecule has 0 saturated carbocycles. The second kappa shape index (κ2) is 5.01. The molecule has 104 valence electrons. The van der Waals surface area contributed by atoms with Gasteiger partial charge in [-0.15, -0.1) is 5.10 Å². The minimum Gasteiger partial charge on any atom is -0.329 e. The lowest BCUT2D eigenvalue weighted by molar-refractivity contribution is 0.598. The molecule has 0 aromatic carbocycles. The Morgan fingerprint density at radius 3 is 2.95 bits per heavy atom. The van der Waals surface area contributed by atoms with Crippen molar-refractivity contribution in [2.24, 2.45) is 5.73 Å². The molecule has 0 aliphatic carbocycles. The van der Waals surface area contributed by atoms with Crippen molar-refractivity contribution in [3.8, 4) is 11.5 Å². The molecule has 0 aliphatic heterocycles. The maximum atomic E-state index is 5.53. The van der Waals surface area contributed by atoms with Crippen LogP contribution in [0, 0.1) is 0 Å². The highest BCUT2D eigenvalue weighted by molar-refractivity contribution is 5.76. The lowest BCUT2D eigenvalue weighted by atomic mass is 10.3. The number of nitrogens with zero attached hydrogens (tertiary/aromatic N) is 6. The summed E-state index contributed by atoms with van der Waals surface area (Å²) in [5.41, 5.74) is 8.00. The Labute approximate surface area is 116 Å². The summed E-state index contributed by atoms with van der Waals surface area (Å²) >= 11 is 0. The Balaban J connectivity index is 2.16. The van der Waals surface area contributed by atoms with E-state index in [1.807, 2.05) is 18.3 Å². The van der Waals surface area contributed by atoms with Gasteiger partial charge in [0.1, 0.15) is 11.2 Å². The molecular formula is C13H17N7. The van der Waals surface area contributed by atoms with Gasteiger partial charge in [0, 0.05) is 18.8 Å². The average molecular weight is 271 g/mol. The van der Waals surface area contributed by atoms with Crippen molar-refractivity contribution in [3.63, 3.8) is 0 Å². The van der Waals surface area contributed by atoms with Gasteiger partial charge in [-0.25, -0.2) is 9.97 Å². The van der Waals surface area contributed by atoms with Crippen molar-refractivity contribution in [2.75, 3.05) is 6.54 Å². The smallest absolute Gasteiger partial charge is 0.164 e. The predicted octanol–water partition coefficient (Wildman–Crippen LogP) is 1.23. The second-order valence-electron chi connectivity index (χ2n) is 4.90. The van der Waals surface area contributed by atoms with Crippen molar-refractivity contribution in [1.82, 2.24) is 29.5 Å². The number of hydrogen-bond donors (Lipinski definition) is 1. The average Bonchev–Trinajstić information content (AvgIpc) is 3.02. The zero-order valence-corrected chi connectivity index (χ0v) is 11.6. The fourth-order valence-electron chi connectivity index (χ4n) is 2.24. The summed E-state index contributed by atoms with van der Waals surface area (Å²) in [5, 5.41) is 8.26. The van der Waals surface area contributed by atoms with Crippen LogP contribution in [0.2, 0.25) is 0 Å². The zero-order valence-electron chi connectivity index (χ0n) is 11.6. The van der Waals surface area contributed by atoms with Gasteiger partial charge in [0.15, 0.2) is 11.5 Å². The lowest BCUT2D eigenvalue weighted by Crippen LogP contribution is -2.10. The summed E-state index contributed by atoms with van der Waals surface area (Å²) in [6, 6.07) is 4.08. The Bertz CT molecular complexity index is 725. The van der Waals surface area contributed by atoms with Gasteiger partial charge in [0.25, 0.3) is 0 Å². The van der Waals surface area contributed by atoms with E-state index in [4.69, 9.17) is 5.73 Å². The first-order chi connectivity index (χ1) is 9.70. The van der Waals surface area contributed by atoms with E-state index in [1.165, 1.54) is 0 Å². The Kier molecular flexibility index (Phi) is 3.19. The van der Waals surface area contributed by atoms with Crippen molar-refractivity contribution < 1.29 is 0 Å². The molecule has 3 aromatic heterocycles. The summed E-state index contributed by atoms with van der Waals surface area (Å²) in [6.45, 7) is 5.38. The largest absolute Gasteiger partial charge is 0.329 e. The molecular weight excluding hydrogens is 254 g/mol. The van der Waals surface area contributed by atoms with Gasteiger partial charge in [-0.05, 0) is 26.0 Å². The molecule has 0 fully saturated rings. The first-order valence-electron chi connectivity index (χ1n) is 6.64. The van der Waals surface area contributed by atoms with Crippen LogP contribution in [0.4, 0.5) is 0 Å². The second-order valence-corrected chi connectivity index (χ2v) is 4.90. The van der Waals surface area contributed by atoms with Crippen LogP contribution < -0.4 is 5.73 Å². The molecule has 7 nitrogen and oxygen atoms in total. The van der Waals surface area contributed by atoms with Crippen LogP contribution in [0.1, 0.15) is 19.9 Å². The van der Waals surface area contributed by atoms with Gasteiger partial charge in [-0.1, -0.05) is 5.21 Å². The van der Waals surface area contributed by atoms with E-state index < -0.39 is 0 Å².